The van der Waals surface area contributed by atoms with Gasteiger partial charge in [-0.05, 0) is 19.3 Å². The summed E-state index contributed by atoms with van der Waals surface area (Å²) < 4.78 is 5.64. The van der Waals surface area contributed by atoms with Crippen LogP contribution in [0.1, 0.15) is 40.0 Å². The summed E-state index contributed by atoms with van der Waals surface area (Å²) in [6, 6.07) is -0.891. The Kier molecular flexibility index (Phi) is 7.31. The molecule has 24 heavy (non-hydrogen) atoms. The lowest BCUT2D eigenvalue weighted by atomic mass is 9.90. The summed E-state index contributed by atoms with van der Waals surface area (Å²) >= 11 is 0. The number of aliphatic hydroxyl groups excluding tert-OH is 1. The van der Waals surface area contributed by atoms with Crippen LogP contribution >= 0.6 is 12.4 Å². The Morgan fingerprint density at radius 1 is 1.33 bits per heavy atom. The molecule has 2 amide bonds. The van der Waals surface area contributed by atoms with E-state index in [-0.39, 0.29) is 24.4 Å². The van der Waals surface area contributed by atoms with Crippen LogP contribution < -0.4 is 5.73 Å². The number of ether oxygens (including phenoxy) is 1. The summed E-state index contributed by atoms with van der Waals surface area (Å²) in [6.07, 6.45) is 1.09. The Balaban J connectivity index is 0.00000288. The van der Waals surface area contributed by atoms with Crippen molar-refractivity contribution in [3.05, 3.63) is 0 Å². The number of nitrogens with zero attached hydrogens (tertiary/aromatic N) is 2. The van der Waals surface area contributed by atoms with Gasteiger partial charge in [0.05, 0.1) is 12.6 Å². The average Bonchev–Trinajstić information content (AvgIpc) is 2.80. The molecule has 0 radical (unpaired) electrons. The minimum absolute atomic E-state index is 0. The van der Waals surface area contributed by atoms with Crippen LogP contribution in [0.3, 0.4) is 0 Å². The molecule has 3 N–H and O–H groups in total. The maximum atomic E-state index is 12.2. The smallest absolute Gasteiger partial charge is 0.410 e. The highest BCUT2D eigenvalue weighted by Crippen LogP contribution is 2.33. The van der Waals surface area contributed by atoms with E-state index in [1.807, 2.05) is 0 Å². The zero-order valence-corrected chi connectivity index (χ0v) is 15.6. The number of piperidine rings is 1. The number of hydrogen-bond donors (Lipinski definition) is 2. The summed E-state index contributed by atoms with van der Waals surface area (Å²) in [5, 5.41) is 9.45. The first-order valence-corrected chi connectivity index (χ1v) is 8.44. The van der Waals surface area contributed by atoms with Crippen molar-refractivity contribution in [2.45, 2.75) is 57.8 Å². The van der Waals surface area contributed by atoms with Gasteiger partial charge in [-0.2, -0.15) is 0 Å². The summed E-state index contributed by atoms with van der Waals surface area (Å²) in [7, 11) is 0. The first-order chi connectivity index (χ1) is 10.7. The molecule has 8 heteroatoms. The summed E-state index contributed by atoms with van der Waals surface area (Å²) in [4.78, 5) is 27.7. The third-order valence-electron chi connectivity index (χ3n) is 4.81. The fraction of sp³-hybridized carbons (Fsp3) is 0.875. The van der Waals surface area contributed by atoms with Gasteiger partial charge in [-0.15, -0.1) is 12.4 Å². The van der Waals surface area contributed by atoms with Gasteiger partial charge < -0.3 is 25.4 Å². The van der Waals surface area contributed by atoms with Crippen molar-refractivity contribution >= 4 is 24.4 Å². The van der Waals surface area contributed by atoms with Gasteiger partial charge in [-0.1, -0.05) is 13.8 Å². The molecule has 0 bridgehead atoms. The lowest BCUT2D eigenvalue weighted by Crippen LogP contribution is -2.55. The standard InChI is InChI=1S/C16H29N3O4.ClH/c1-11(2)4-7-19-10-16(23-15(19)22)5-8-18(9-6-16)14(21)13(17)12(3)20;/h11-13,20H,4-10,17H2,1-3H3;1H/t12-,13+;/m1./s1. The van der Waals surface area contributed by atoms with E-state index in [1.165, 1.54) is 6.92 Å². The van der Waals surface area contributed by atoms with Gasteiger partial charge in [0.1, 0.15) is 11.6 Å². The van der Waals surface area contributed by atoms with E-state index in [2.05, 4.69) is 13.8 Å². The van der Waals surface area contributed by atoms with E-state index < -0.39 is 17.7 Å². The monoisotopic (exact) mass is 363 g/mol. The molecule has 2 heterocycles. The average molecular weight is 364 g/mol. The minimum Gasteiger partial charge on any atom is -0.441 e. The van der Waals surface area contributed by atoms with Gasteiger partial charge in [0.15, 0.2) is 0 Å². The maximum absolute atomic E-state index is 12.2. The maximum Gasteiger partial charge on any atom is 0.410 e. The predicted octanol–water partition coefficient (Wildman–Crippen LogP) is 0.976. The lowest BCUT2D eigenvalue weighted by molar-refractivity contribution is -0.138. The number of carbonyl (C=O) groups excluding carboxylic acids is 2. The molecule has 0 aromatic rings. The van der Waals surface area contributed by atoms with Crippen LogP contribution in [0.25, 0.3) is 0 Å². The molecule has 2 atom stereocenters. The van der Waals surface area contributed by atoms with Crippen molar-refractivity contribution in [2.75, 3.05) is 26.2 Å². The third kappa shape index (κ3) is 4.74. The molecule has 140 valence electrons. The molecule has 2 aliphatic heterocycles. The van der Waals surface area contributed by atoms with Gasteiger partial charge in [0.2, 0.25) is 5.91 Å². The molecule has 0 aromatic heterocycles. The number of amides is 2. The molecule has 2 rings (SSSR count). The van der Waals surface area contributed by atoms with E-state index in [1.54, 1.807) is 9.80 Å². The number of rotatable bonds is 5. The number of halogens is 1. The Morgan fingerprint density at radius 3 is 2.42 bits per heavy atom. The molecule has 7 nitrogen and oxygen atoms in total. The molecular weight excluding hydrogens is 334 g/mol. The van der Waals surface area contributed by atoms with Crippen LogP contribution in [-0.2, 0) is 9.53 Å². The highest BCUT2D eigenvalue weighted by atomic mass is 35.5. The number of carbonyl (C=O) groups is 2. The van der Waals surface area contributed by atoms with Gasteiger partial charge in [0.25, 0.3) is 0 Å². The topological polar surface area (TPSA) is 96.1 Å². The zero-order valence-electron chi connectivity index (χ0n) is 14.7. The molecule has 0 saturated carbocycles. The fourth-order valence-corrected chi connectivity index (χ4v) is 3.09. The fourth-order valence-electron chi connectivity index (χ4n) is 3.09. The van der Waals surface area contributed by atoms with Crippen LogP contribution in [0.5, 0.6) is 0 Å². The van der Waals surface area contributed by atoms with Crippen molar-refractivity contribution in [3.63, 3.8) is 0 Å². The second-order valence-electron chi connectivity index (χ2n) is 7.25. The second-order valence-corrected chi connectivity index (χ2v) is 7.25. The SMILES string of the molecule is CC(C)CCN1CC2(CCN(C(=O)[C@@H](N)[C@@H](C)O)CC2)OC1=O.Cl. The van der Waals surface area contributed by atoms with Crippen LogP contribution in [0, 0.1) is 5.92 Å². The molecule has 0 aliphatic carbocycles. The summed E-state index contributed by atoms with van der Waals surface area (Å²) in [5.41, 5.74) is 5.24. The molecule has 2 aliphatic rings. The first-order valence-electron chi connectivity index (χ1n) is 8.44. The van der Waals surface area contributed by atoms with Crippen molar-refractivity contribution < 1.29 is 19.4 Å². The summed E-state index contributed by atoms with van der Waals surface area (Å²) in [5.74, 6) is 0.302. The predicted molar refractivity (Wildman–Crippen MR) is 93.0 cm³/mol. The van der Waals surface area contributed by atoms with Gasteiger partial charge in [-0.25, -0.2) is 4.79 Å². The van der Waals surface area contributed by atoms with Gasteiger partial charge in [0, 0.05) is 32.5 Å². The van der Waals surface area contributed by atoms with Crippen LogP contribution in [0.2, 0.25) is 0 Å². The Bertz CT molecular complexity index is 451. The van der Waals surface area contributed by atoms with E-state index in [4.69, 9.17) is 10.5 Å². The molecule has 2 saturated heterocycles. The molecule has 1 spiro atoms. The van der Waals surface area contributed by atoms with Crippen LogP contribution in [0.4, 0.5) is 4.79 Å². The Morgan fingerprint density at radius 2 is 1.92 bits per heavy atom. The quantitative estimate of drug-likeness (QED) is 0.758. The number of likely N-dealkylation sites (tertiary alicyclic amines) is 1. The van der Waals surface area contributed by atoms with E-state index >= 15 is 0 Å². The Labute approximate surface area is 149 Å². The third-order valence-corrected chi connectivity index (χ3v) is 4.81. The number of aliphatic hydroxyl groups is 1. The van der Waals surface area contributed by atoms with Crippen LogP contribution in [0.15, 0.2) is 0 Å². The van der Waals surface area contributed by atoms with Crippen molar-refractivity contribution in [1.82, 2.24) is 9.80 Å². The lowest BCUT2D eigenvalue weighted by Gasteiger charge is -2.38. The number of nitrogens with two attached hydrogens (primary N) is 1. The largest absolute Gasteiger partial charge is 0.441 e. The summed E-state index contributed by atoms with van der Waals surface area (Å²) in [6.45, 7) is 8.10. The minimum atomic E-state index is -0.891. The van der Waals surface area contributed by atoms with E-state index in [9.17, 15) is 14.7 Å². The van der Waals surface area contributed by atoms with Gasteiger partial charge >= 0.3 is 6.09 Å². The molecule has 0 unspecified atom stereocenters. The zero-order chi connectivity index (χ0) is 17.2. The van der Waals surface area contributed by atoms with Crippen molar-refractivity contribution in [3.8, 4) is 0 Å². The first kappa shape index (κ1) is 21.0. The van der Waals surface area contributed by atoms with Crippen molar-refractivity contribution in [2.24, 2.45) is 11.7 Å². The highest BCUT2D eigenvalue weighted by Gasteiger charge is 2.47. The molecule has 0 aromatic carbocycles. The van der Waals surface area contributed by atoms with Crippen molar-refractivity contribution in [1.29, 1.82) is 0 Å². The van der Waals surface area contributed by atoms with E-state index in [0.717, 1.165) is 6.42 Å². The van der Waals surface area contributed by atoms with Crippen LogP contribution in [-0.4, -0.2) is 70.8 Å². The van der Waals surface area contributed by atoms with Gasteiger partial charge in [-0.3, -0.25) is 4.79 Å². The molecular formula is C16H30ClN3O4. The molecule has 2 fully saturated rings. The van der Waals surface area contributed by atoms with E-state index in [0.29, 0.717) is 44.9 Å². The second kappa shape index (κ2) is 8.36. The highest BCUT2D eigenvalue weighted by molar-refractivity contribution is 5.85. The Hall–Kier alpha value is -1.05. The normalized spacial score (nSPS) is 22.3. The number of hydrogen-bond acceptors (Lipinski definition) is 5.